The van der Waals surface area contributed by atoms with E-state index in [2.05, 4.69) is 10.1 Å². The number of hydrogen-bond donors (Lipinski definition) is 0. The molecule has 3 aromatic rings. The molecule has 0 aliphatic rings. The topological polar surface area (TPSA) is 64.3 Å². The number of halogens is 1. The molecule has 0 spiro atoms. The molecule has 0 saturated carbocycles. The summed E-state index contributed by atoms with van der Waals surface area (Å²) in [7, 11) is 0. The first-order chi connectivity index (χ1) is 10.5. The minimum absolute atomic E-state index is 0.240. The summed E-state index contributed by atoms with van der Waals surface area (Å²) in [5, 5.41) is 4.22. The molecule has 6 heteroatoms. The molecule has 0 radical (unpaired) electrons. The number of aldehydes is 1. The number of benzene rings is 1. The predicted octanol–water partition coefficient (Wildman–Crippen LogP) is 2.62. The summed E-state index contributed by atoms with van der Waals surface area (Å²) in [6.45, 7) is 3.15. The standard InChI is InChI=1S/C13H10FN3.C3H4O2/c1-9-8-12(10-2-4-11(14)5-3-10)17-13(16-9)6-7-15-17;1-3(5)2-4/h2-8H,1H3;2H,1H3. The van der Waals surface area contributed by atoms with Crippen LogP contribution in [0.1, 0.15) is 12.6 Å². The van der Waals surface area contributed by atoms with E-state index in [1.807, 2.05) is 19.1 Å². The van der Waals surface area contributed by atoms with Gasteiger partial charge in [-0.2, -0.15) is 5.10 Å². The molecule has 0 N–H and O–H groups in total. The summed E-state index contributed by atoms with van der Waals surface area (Å²) in [5.74, 6) is -0.666. The summed E-state index contributed by atoms with van der Waals surface area (Å²) in [5.41, 5.74) is 3.55. The average molecular weight is 299 g/mol. The second kappa shape index (κ2) is 6.71. The van der Waals surface area contributed by atoms with E-state index in [9.17, 15) is 9.18 Å². The van der Waals surface area contributed by atoms with Gasteiger partial charge in [0.25, 0.3) is 0 Å². The van der Waals surface area contributed by atoms with Crippen LogP contribution in [0.4, 0.5) is 4.39 Å². The van der Waals surface area contributed by atoms with Crippen molar-refractivity contribution in [1.82, 2.24) is 14.6 Å². The van der Waals surface area contributed by atoms with Crippen molar-refractivity contribution in [3.8, 4) is 11.3 Å². The molecular formula is C16H14FN3O2. The van der Waals surface area contributed by atoms with Crippen molar-refractivity contribution in [3.63, 3.8) is 0 Å². The molecule has 0 saturated heterocycles. The molecule has 22 heavy (non-hydrogen) atoms. The van der Waals surface area contributed by atoms with E-state index in [1.54, 1.807) is 22.8 Å². The summed E-state index contributed by atoms with van der Waals surface area (Å²) in [6, 6.07) is 10.2. The zero-order valence-corrected chi connectivity index (χ0v) is 12.2. The Balaban J connectivity index is 0.000000309. The number of rotatable bonds is 2. The van der Waals surface area contributed by atoms with Gasteiger partial charge in [-0.25, -0.2) is 13.9 Å². The van der Waals surface area contributed by atoms with E-state index in [0.29, 0.717) is 0 Å². The van der Waals surface area contributed by atoms with E-state index < -0.39 is 5.78 Å². The summed E-state index contributed by atoms with van der Waals surface area (Å²) >= 11 is 0. The highest BCUT2D eigenvalue weighted by molar-refractivity contribution is 6.23. The number of fused-ring (bicyclic) bond motifs is 1. The van der Waals surface area contributed by atoms with Gasteiger partial charge in [-0.3, -0.25) is 9.59 Å². The Morgan fingerprint density at radius 2 is 1.86 bits per heavy atom. The van der Waals surface area contributed by atoms with Crippen LogP contribution in [0.3, 0.4) is 0 Å². The normalized spacial score (nSPS) is 9.95. The number of aryl methyl sites for hydroxylation is 1. The number of carbonyl (C=O) groups is 2. The highest BCUT2D eigenvalue weighted by atomic mass is 19.1. The highest BCUT2D eigenvalue weighted by Crippen LogP contribution is 2.20. The van der Waals surface area contributed by atoms with Gasteiger partial charge in [0.15, 0.2) is 17.7 Å². The van der Waals surface area contributed by atoms with Crippen LogP contribution in [0.15, 0.2) is 42.6 Å². The maximum Gasteiger partial charge on any atom is 0.192 e. The monoisotopic (exact) mass is 299 g/mol. The zero-order chi connectivity index (χ0) is 16.1. The Morgan fingerprint density at radius 3 is 2.45 bits per heavy atom. The lowest BCUT2D eigenvalue weighted by atomic mass is 10.1. The first-order valence-electron chi connectivity index (χ1n) is 6.54. The van der Waals surface area contributed by atoms with E-state index >= 15 is 0 Å². The Morgan fingerprint density at radius 1 is 1.23 bits per heavy atom. The van der Waals surface area contributed by atoms with E-state index in [0.717, 1.165) is 22.6 Å². The number of carbonyl (C=O) groups excluding carboxylic acids is 2. The Kier molecular flexibility index (Phi) is 4.73. The van der Waals surface area contributed by atoms with Crippen LogP contribution in [0, 0.1) is 12.7 Å². The average Bonchev–Trinajstić information content (AvgIpc) is 2.96. The van der Waals surface area contributed by atoms with Crippen LogP contribution in [-0.2, 0) is 9.59 Å². The first-order valence-corrected chi connectivity index (χ1v) is 6.54. The molecule has 0 atom stereocenters. The van der Waals surface area contributed by atoms with Crippen LogP contribution in [0.5, 0.6) is 0 Å². The van der Waals surface area contributed by atoms with Gasteiger partial charge < -0.3 is 0 Å². The van der Waals surface area contributed by atoms with Gasteiger partial charge in [0, 0.05) is 24.2 Å². The molecule has 0 aliphatic carbocycles. The zero-order valence-electron chi connectivity index (χ0n) is 12.2. The third-order valence-electron chi connectivity index (χ3n) is 2.79. The SMILES string of the molecule is CC(=O)C=O.Cc1cc(-c2ccc(F)cc2)n2nccc2n1. The summed E-state index contributed by atoms with van der Waals surface area (Å²) in [4.78, 5) is 23.0. The molecule has 5 nitrogen and oxygen atoms in total. The smallest absolute Gasteiger partial charge is 0.192 e. The van der Waals surface area contributed by atoms with Crippen LogP contribution in [-0.4, -0.2) is 26.7 Å². The van der Waals surface area contributed by atoms with Crippen LogP contribution < -0.4 is 0 Å². The fourth-order valence-electron chi connectivity index (χ4n) is 1.86. The minimum Gasteiger partial charge on any atom is -0.295 e. The van der Waals surface area contributed by atoms with Gasteiger partial charge in [0.1, 0.15) is 5.82 Å². The molecule has 1 aromatic carbocycles. The quantitative estimate of drug-likeness (QED) is 0.539. The number of Topliss-reactive ketones (excluding diaryl/α,β-unsaturated/α-hetero) is 1. The lowest BCUT2D eigenvalue weighted by molar-refractivity contribution is -0.128. The molecule has 2 heterocycles. The molecular weight excluding hydrogens is 285 g/mol. The van der Waals surface area contributed by atoms with Crippen molar-refractivity contribution in [1.29, 1.82) is 0 Å². The third kappa shape index (κ3) is 3.60. The first kappa shape index (κ1) is 15.5. The fourth-order valence-corrected chi connectivity index (χ4v) is 1.86. The van der Waals surface area contributed by atoms with Gasteiger partial charge in [-0.1, -0.05) is 0 Å². The Bertz CT molecular complexity index is 810. The Labute approximate surface area is 126 Å². The molecule has 0 aliphatic heterocycles. The number of aromatic nitrogens is 3. The van der Waals surface area contributed by atoms with Crippen molar-refractivity contribution in [2.45, 2.75) is 13.8 Å². The molecule has 0 amide bonds. The third-order valence-corrected chi connectivity index (χ3v) is 2.79. The maximum atomic E-state index is 12.9. The number of ketones is 1. The lowest BCUT2D eigenvalue weighted by Gasteiger charge is -2.06. The Hall–Kier alpha value is -2.89. The van der Waals surface area contributed by atoms with E-state index in [1.165, 1.54) is 19.1 Å². The van der Waals surface area contributed by atoms with Crippen molar-refractivity contribution < 1.29 is 14.0 Å². The van der Waals surface area contributed by atoms with Crippen molar-refractivity contribution >= 4 is 17.7 Å². The van der Waals surface area contributed by atoms with E-state index in [4.69, 9.17) is 4.79 Å². The largest absolute Gasteiger partial charge is 0.295 e. The van der Waals surface area contributed by atoms with E-state index in [-0.39, 0.29) is 12.1 Å². The lowest BCUT2D eigenvalue weighted by Crippen LogP contribution is -1.97. The molecule has 0 fully saturated rings. The van der Waals surface area contributed by atoms with Crippen molar-refractivity contribution in [2.75, 3.05) is 0 Å². The van der Waals surface area contributed by atoms with Gasteiger partial charge >= 0.3 is 0 Å². The fraction of sp³-hybridized carbons (Fsp3) is 0.125. The second-order valence-corrected chi connectivity index (χ2v) is 4.62. The number of nitrogens with zero attached hydrogens (tertiary/aromatic N) is 3. The molecule has 0 bridgehead atoms. The molecule has 2 aromatic heterocycles. The maximum absolute atomic E-state index is 12.9. The van der Waals surface area contributed by atoms with Gasteiger partial charge in [-0.05, 0) is 37.3 Å². The predicted molar refractivity (Wildman–Crippen MR) is 79.9 cm³/mol. The summed E-state index contributed by atoms with van der Waals surface area (Å²) in [6.07, 6.45) is 1.98. The summed E-state index contributed by atoms with van der Waals surface area (Å²) < 4.78 is 14.7. The molecule has 3 rings (SSSR count). The van der Waals surface area contributed by atoms with Crippen LogP contribution in [0.25, 0.3) is 16.9 Å². The van der Waals surface area contributed by atoms with Crippen LogP contribution in [0.2, 0.25) is 0 Å². The second-order valence-electron chi connectivity index (χ2n) is 4.62. The molecule has 112 valence electrons. The number of hydrogen-bond acceptors (Lipinski definition) is 4. The van der Waals surface area contributed by atoms with Crippen molar-refractivity contribution in [3.05, 3.63) is 54.1 Å². The van der Waals surface area contributed by atoms with Gasteiger partial charge in [0.05, 0.1) is 11.9 Å². The van der Waals surface area contributed by atoms with Gasteiger partial charge in [0.2, 0.25) is 0 Å². The molecule has 0 unspecified atom stereocenters. The van der Waals surface area contributed by atoms with Crippen molar-refractivity contribution in [2.24, 2.45) is 0 Å². The minimum atomic E-state index is -0.426. The van der Waals surface area contributed by atoms with Gasteiger partial charge in [-0.15, -0.1) is 0 Å². The van der Waals surface area contributed by atoms with Crippen LogP contribution >= 0.6 is 0 Å². The highest BCUT2D eigenvalue weighted by Gasteiger charge is 2.06.